The van der Waals surface area contributed by atoms with Gasteiger partial charge in [-0.1, -0.05) is 28.1 Å². The molecule has 1 heterocycles. The Kier molecular flexibility index (Phi) is 3.31. The van der Waals surface area contributed by atoms with E-state index in [1.165, 1.54) is 0 Å². The first-order chi connectivity index (χ1) is 6.15. The summed E-state index contributed by atoms with van der Waals surface area (Å²) in [6.45, 7) is 1.91. The molecule has 70 valence electrons. The van der Waals surface area contributed by atoms with Gasteiger partial charge in [0, 0.05) is 11.0 Å². The van der Waals surface area contributed by atoms with Gasteiger partial charge >= 0.3 is 0 Å². The Labute approximate surface area is 86.0 Å². The predicted octanol–water partition coefficient (Wildman–Crippen LogP) is 1.96. The molecule has 0 aromatic carbocycles. The number of nitrogen functional groups attached to an aromatic ring is 2. The fraction of sp³-hybridized carbons (Fsp3) is 0.222. The molecule has 0 fully saturated rings. The number of nitrogens with two attached hydrogens (primary N) is 2. The number of nitrogens with zero attached hydrogens (tertiary/aromatic N) is 1. The standard InChI is InChI=1S/C9H12BrN3/c1-6-7(3-2-4-10)5-8(11)9(12)13-6/h2-3,5H,4,11H2,1H3,(H2,12,13). The van der Waals surface area contributed by atoms with Crippen molar-refractivity contribution in [3.8, 4) is 0 Å². The molecule has 3 nitrogen and oxygen atoms in total. The van der Waals surface area contributed by atoms with Gasteiger partial charge < -0.3 is 11.5 Å². The highest BCUT2D eigenvalue weighted by Crippen LogP contribution is 2.17. The van der Waals surface area contributed by atoms with Gasteiger partial charge in [-0.25, -0.2) is 4.98 Å². The van der Waals surface area contributed by atoms with Gasteiger partial charge in [0.05, 0.1) is 5.69 Å². The maximum Gasteiger partial charge on any atom is 0.146 e. The normalized spacial score (nSPS) is 10.9. The van der Waals surface area contributed by atoms with Crippen LogP contribution in [0.25, 0.3) is 6.08 Å². The Morgan fingerprint density at radius 3 is 2.85 bits per heavy atom. The molecule has 0 aliphatic heterocycles. The average molecular weight is 242 g/mol. The van der Waals surface area contributed by atoms with Crippen LogP contribution in [-0.2, 0) is 0 Å². The van der Waals surface area contributed by atoms with Crippen LogP contribution in [-0.4, -0.2) is 10.3 Å². The molecule has 0 aliphatic rings. The van der Waals surface area contributed by atoms with Gasteiger partial charge in [0.1, 0.15) is 5.82 Å². The summed E-state index contributed by atoms with van der Waals surface area (Å²) >= 11 is 3.30. The van der Waals surface area contributed by atoms with E-state index in [1.54, 1.807) is 0 Å². The van der Waals surface area contributed by atoms with Crippen molar-refractivity contribution in [1.29, 1.82) is 0 Å². The van der Waals surface area contributed by atoms with Crippen molar-refractivity contribution < 1.29 is 0 Å². The molecule has 0 spiro atoms. The molecule has 0 saturated carbocycles. The maximum atomic E-state index is 5.63. The quantitative estimate of drug-likeness (QED) is 0.779. The van der Waals surface area contributed by atoms with E-state index in [4.69, 9.17) is 11.5 Å². The molecule has 0 radical (unpaired) electrons. The van der Waals surface area contributed by atoms with Crippen molar-refractivity contribution in [3.05, 3.63) is 23.4 Å². The van der Waals surface area contributed by atoms with Gasteiger partial charge in [-0.05, 0) is 18.6 Å². The van der Waals surface area contributed by atoms with Gasteiger partial charge in [-0.3, -0.25) is 0 Å². The van der Waals surface area contributed by atoms with E-state index >= 15 is 0 Å². The molecule has 1 rings (SSSR count). The van der Waals surface area contributed by atoms with E-state index in [1.807, 2.05) is 25.1 Å². The highest BCUT2D eigenvalue weighted by atomic mass is 79.9. The molecule has 0 bridgehead atoms. The van der Waals surface area contributed by atoms with Gasteiger partial charge in [-0.15, -0.1) is 0 Å². The molecule has 4 N–H and O–H groups in total. The van der Waals surface area contributed by atoms with Crippen molar-refractivity contribution in [2.45, 2.75) is 6.92 Å². The van der Waals surface area contributed by atoms with Crippen LogP contribution < -0.4 is 11.5 Å². The van der Waals surface area contributed by atoms with Crippen LogP contribution in [0.2, 0.25) is 0 Å². The van der Waals surface area contributed by atoms with Gasteiger partial charge in [0.2, 0.25) is 0 Å². The van der Waals surface area contributed by atoms with Crippen molar-refractivity contribution in [2.24, 2.45) is 0 Å². The van der Waals surface area contributed by atoms with Crippen molar-refractivity contribution in [1.82, 2.24) is 4.98 Å². The molecule has 1 aromatic heterocycles. The minimum Gasteiger partial charge on any atom is -0.396 e. The SMILES string of the molecule is Cc1nc(N)c(N)cc1C=CCBr. The molecule has 4 heteroatoms. The molecular formula is C9H12BrN3. The van der Waals surface area contributed by atoms with Gasteiger partial charge in [-0.2, -0.15) is 0 Å². The van der Waals surface area contributed by atoms with Crippen molar-refractivity contribution in [3.63, 3.8) is 0 Å². The number of aryl methyl sites for hydroxylation is 1. The number of alkyl halides is 1. The lowest BCUT2D eigenvalue weighted by atomic mass is 10.2. The highest BCUT2D eigenvalue weighted by Gasteiger charge is 2.00. The third-order valence-corrected chi connectivity index (χ3v) is 2.07. The van der Waals surface area contributed by atoms with Crippen LogP contribution in [0.4, 0.5) is 11.5 Å². The molecule has 1 aromatic rings. The van der Waals surface area contributed by atoms with E-state index in [9.17, 15) is 0 Å². The number of pyridine rings is 1. The number of aromatic nitrogens is 1. The minimum absolute atomic E-state index is 0.397. The summed E-state index contributed by atoms with van der Waals surface area (Å²) in [6.07, 6.45) is 3.95. The summed E-state index contributed by atoms with van der Waals surface area (Å²) in [5.41, 5.74) is 13.6. The summed E-state index contributed by atoms with van der Waals surface area (Å²) in [6, 6.07) is 1.83. The number of anilines is 2. The zero-order chi connectivity index (χ0) is 9.84. The lowest BCUT2D eigenvalue weighted by Gasteiger charge is -2.04. The Morgan fingerprint density at radius 1 is 1.54 bits per heavy atom. The summed E-state index contributed by atoms with van der Waals surface area (Å²) < 4.78 is 0. The highest BCUT2D eigenvalue weighted by molar-refractivity contribution is 9.09. The molecular weight excluding hydrogens is 230 g/mol. The summed E-state index contributed by atoms with van der Waals surface area (Å²) in [4.78, 5) is 4.11. The van der Waals surface area contributed by atoms with Crippen LogP contribution in [0.1, 0.15) is 11.3 Å². The van der Waals surface area contributed by atoms with E-state index in [-0.39, 0.29) is 0 Å². The second-order valence-electron chi connectivity index (χ2n) is 2.69. The van der Waals surface area contributed by atoms with E-state index in [0.29, 0.717) is 11.5 Å². The summed E-state index contributed by atoms with van der Waals surface area (Å²) in [5.74, 6) is 0.397. The van der Waals surface area contributed by atoms with Crippen LogP contribution >= 0.6 is 15.9 Å². The van der Waals surface area contributed by atoms with E-state index in [0.717, 1.165) is 16.6 Å². The van der Waals surface area contributed by atoms with Crippen LogP contribution in [0, 0.1) is 6.92 Å². The number of allylic oxidation sites excluding steroid dienone is 1. The van der Waals surface area contributed by atoms with Gasteiger partial charge in [0.15, 0.2) is 0 Å². The molecule has 13 heavy (non-hydrogen) atoms. The second kappa shape index (κ2) is 4.28. The van der Waals surface area contributed by atoms with Crippen LogP contribution in [0.15, 0.2) is 12.1 Å². The fourth-order valence-corrected chi connectivity index (χ4v) is 1.18. The first-order valence-corrected chi connectivity index (χ1v) is 5.02. The number of hydrogen-bond acceptors (Lipinski definition) is 3. The summed E-state index contributed by atoms with van der Waals surface area (Å²) in [7, 11) is 0. The molecule has 0 unspecified atom stereocenters. The second-order valence-corrected chi connectivity index (χ2v) is 3.34. The summed E-state index contributed by atoms with van der Waals surface area (Å²) in [5, 5.41) is 0.816. The maximum absolute atomic E-state index is 5.63. The average Bonchev–Trinajstić information content (AvgIpc) is 2.09. The lowest BCUT2D eigenvalue weighted by Crippen LogP contribution is -2.00. The third-order valence-electron chi connectivity index (χ3n) is 1.70. The smallest absolute Gasteiger partial charge is 0.146 e. The lowest BCUT2D eigenvalue weighted by molar-refractivity contribution is 1.20. The first-order valence-electron chi connectivity index (χ1n) is 3.90. The third kappa shape index (κ3) is 2.45. The van der Waals surface area contributed by atoms with E-state index < -0.39 is 0 Å². The zero-order valence-corrected chi connectivity index (χ0v) is 9.01. The van der Waals surface area contributed by atoms with Crippen molar-refractivity contribution >= 4 is 33.5 Å². The topological polar surface area (TPSA) is 64.9 Å². The monoisotopic (exact) mass is 241 g/mol. The molecule has 0 saturated heterocycles. The Morgan fingerprint density at radius 2 is 2.23 bits per heavy atom. The Balaban J connectivity index is 3.08. The molecule has 0 amide bonds. The van der Waals surface area contributed by atoms with Crippen LogP contribution in [0.3, 0.4) is 0 Å². The Bertz CT molecular complexity index is 334. The largest absolute Gasteiger partial charge is 0.396 e. The molecule has 0 atom stereocenters. The minimum atomic E-state index is 0.397. The van der Waals surface area contributed by atoms with Crippen molar-refractivity contribution in [2.75, 3.05) is 16.8 Å². The number of hydrogen-bond donors (Lipinski definition) is 2. The molecule has 0 aliphatic carbocycles. The predicted molar refractivity (Wildman–Crippen MR) is 60.6 cm³/mol. The Hall–Kier alpha value is -1.03. The van der Waals surface area contributed by atoms with E-state index in [2.05, 4.69) is 20.9 Å². The first kappa shape index (κ1) is 10.1. The van der Waals surface area contributed by atoms with Gasteiger partial charge in [0.25, 0.3) is 0 Å². The van der Waals surface area contributed by atoms with Crippen LogP contribution in [0.5, 0.6) is 0 Å². The number of rotatable bonds is 2. The fourth-order valence-electron chi connectivity index (χ4n) is 0.996. The zero-order valence-electron chi connectivity index (χ0n) is 7.42. The number of halogens is 1.